The van der Waals surface area contributed by atoms with Crippen molar-refractivity contribution in [1.29, 1.82) is 0 Å². The zero-order valence-corrected chi connectivity index (χ0v) is 19.0. The van der Waals surface area contributed by atoms with Crippen molar-refractivity contribution in [3.8, 4) is 16.2 Å². The first-order valence-corrected chi connectivity index (χ1v) is 11.7. The van der Waals surface area contributed by atoms with Crippen molar-refractivity contribution in [1.82, 2.24) is 14.9 Å². The molecule has 1 fully saturated rings. The SMILES string of the molecule is COc1cccc(C=C(C(=O)N2CCCC2)c2nc3sc(-c4ccccc4)cc3c(=O)[nH]2)c1. The normalized spacial score (nSPS) is 14.1. The molecule has 1 aliphatic heterocycles. The predicted molar refractivity (Wildman–Crippen MR) is 132 cm³/mol. The minimum Gasteiger partial charge on any atom is -0.497 e. The number of ether oxygens (including phenoxy) is 1. The Labute approximate surface area is 195 Å². The fourth-order valence-corrected chi connectivity index (χ4v) is 5.06. The Morgan fingerprint density at radius 3 is 2.64 bits per heavy atom. The van der Waals surface area contributed by atoms with Crippen molar-refractivity contribution >= 4 is 39.1 Å². The zero-order valence-electron chi connectivity index (χ0n) is 18.2. The highest BCUT2D eigenvalue weighted by molar-refractivity contribution is 7.21. The number of fused-ring (bicyclic) bond motifs is 1. The number of carbonyl (C=O) groups excluding carboxylic acids is 1. The molecule has 5 rings (SSSR count). The summed E-state index contributed by atoms with van der Waals surface area (Å²) >= 11 is 1.45. The lowest BCUT2D eigenvalue weighted by Crippen LogP contribution is -2.29. The van der Waals surface area contributed by atoms with Crippen LogP contribution in [0.2, 0.25) is 0 Å². The van der Waals surface area contributed by atoms with Gasteiger partial charge in [0.1, 0.15) is 16.4 Å². The highest BCUT2D eigenvalue weighted by Gasteiger charge is 2.25. The number of H-pyrrole nitrogens is 1. The van der Waals surface area contributed by atoms with Crippen LogP contribution in [-0.2, 0) is 4.79 Å². The molecule has 1 aliphatic rings. The lowest BCUT2D eigenvalue weighted by atomic mass is 10.1. The van der Waals surface area contributed by atoms with Crippen LogP contribution in [0.1, 0.15) is 24.2 Å². The fourth-order valence-electron chi connectivity index (χ4n) is 4.02. The maximum Gasteiger partial charge on any atom is 0.259 e. The summed E-state index contributed by atoms with van der Waals surface area (Å²) in [6.07, 6.45) is 3.73. The second-order valence-electron chi connectivity index (χ2n) is 7.94. The van der Waals surface area contributed by atoms with Crippen molar-refractivity contribution in [3.05, 3.63) is 82.4 Å². The van der Waals surface area contributed by atoms with Gasteiger partial charge in [-0.3, -0.25) is 9.59 Å². The summed E-state index contributed by atoms with van der Waals surface area (Å²) in [5.74, 6) is 0.853. The first-order valence-electron chi connectivity index (χ1n) is 10.9. The molecule has 0 atom stereocenters. The molecule has 1 N–H and O–H groups in total. The number of likely N-dealkylation sites (tertiary alicyclic amines) is 1. The molecular formula is C26H23N3O3S. The number of aromatic nitrogens is 2. The van der Waals surface area contributed by atoms with Crippen molar-refractivity contribution in [3.63, 3.8) is 0 Å². The summed E-state index contributed by atoms with van der Waals surface area (Å²) in [4.78, 5) is 37.4. The average molecular weight is 458 g/mol. The molecule has 2 aromatic carbocycles. The Balaban J connectivity index is 1.63. The van der Waals surface area contributed by atoms with E-state index in [1.165, 1.54) is 11.3 Å². The van der Waals surface area contributed by atoms with Gasteiger partial charge in [-0.05, 0) is 48.2 Å². The summed E-state index contributed by atoms with van der Waals surface area (Å²) in [6, 6.07) is 19.2. The van der Waals surface area contributed by atoms with E-state index in [1.807, 2.05) is 65.6 Å². The van der Waals surface area contributed by atoms with Crippen LogP contribution in [0.15, 0.2) is 65.5 Å². The molecule has 0 bridgehead atoms. The number of aromatic amines is 1. The molecule has 2 aromatic heterocycles. The quantitative estimate of drug-likeness (QED) is 0.436. The van der Waals surface area contributed by atoms with Crippen LogP contribution in [0.4, 0.5) is 0 Å². The van der Waals surface area contributed by atoms with E-state index in [0.717, 1.165) is 28.8 Å². The topological polar surface area (TPSA) is 75.3 Å². The van der Waals surface area contributed by atoms with E-state index in [9.17, 15) is 9.59 Å². The zero-order chi connectivity index (χ0) is 22.8. The number of carbonyl (C=O) groups is 1. The summed E-state index contributed by atoms with van der Waals surface area (Å²) < 4.78 is 5.33. The highest BCUT2D eigenvalue weighted by Crippen LogP contribution is 2.32. The molecule has 1 saturated heterocycles. The third kappa shape index (κ3) is 4.32. The number of methoxy groups -OCH3 is 1. The molecule has 7 heteroatoms. The predicted octanol–water partition coefficient (Wildman–Crippen LogP) is 4.82. The monoisotopic (exact) mass is 457 g/mol. The lowest BCUT2D eigenvalue weighted by Gasteiger charge is -2.17. The number of nitrogens with zero attached hydrogens (tertiary/aromatic N) is 2. The van der Waals surface area contributed by atoms with E-state index in [0.29, 0.717) is 34.6 Å². The first-order chi connectivity index (χ1) is 16.1. The average Bonchev–Trinajstić information content (AvgIpc) is 3.53. The summed E-state index contributed by atoms with van der Waals surface area (Å²) in [7, 11) is 1.60. The Morgan fingerprint density at radius 2 is 1.88 bits per heavy atom. The number of rotatable bonds is 5. The van der Waals surface area contributed by atoms with Gasteiger partial charge in [0.15, 0.2) is 0 Å². The third-order valence-electron chi connectivity index (χ3n) is 5.74. The van der Waals surface area contributed by atoms with Crippen LogP contribution in [-0.4, -0.2) is 41.0 Å². The third-order valence-corrected chi connectivity index (χ3v) is 6.82. The van der Waals surface area contributed by atoms with E-state index in [1.54, 1.807) is 13.2 Å². The minimum atomic E-state index is -0.251. The molecule has 33 heavy (non-hydrogen) atoms. The van der Waals surface area contributed by atoms with Crippen LogP contribution in [0.25, 0.3) is 32.3 Å². The van der Waals surface area contributed by atoms with Crippen LogP contribution < -0.4 is 10.3 Å². The Morgan fingerprint density at radius 1 is 1.09 bits per heavy atom. The van der Waals surface area contributed by atoms with Crippen molar-refractivity contribution in [2.75, 3.05) is 20.2 Å². The Bertz CT molecular complexity index is 1400. The number of benzene rings is 2. The number of hydrogen-bond acceptors (Lipinski definition) is 5. The van der Waals surface area contributed by atoms with E-state index < -0.39 is 0 Å². The molecule has 0 saturated carbocycles. The van der Waals surface area contributed by atoms with Gasteiger partial charge >= 0.3 is 0 Å². The van der Waals surface area contributed by atoms with Gasteiger partial charge in [-0.2, -0.15) is 0 Å². The summed E-state index contributed by atoms with van der Waals surface area (Å²) in [5.41, 5.74) is 1.95. The van der Waals surface area contributed by atoms with Gasteiger partial charge in [-0.25, -0.2) is 4.98 Å². The van der Waals surface area contributed by atoms with Gasteiger partial charge in [-0.1, -0.05) is 42.5 Å². The Kier molecular flexibility index (Phi) is 5.79. The van der Waals surface area contributed by atoms with Crippen LogP contribution in [0.5, 0.6) is 5.75 Å². The van der Waals surface area contributed by atoms with Crippen molar-refractivity contribution in [2.24, 2.45) is 0 Å². The molecule has 0 aliphatic carbocycles. The molecule has 0 spiro atoms. The van der Waals surface area contributed by atoms with Crippen molar-refractivity contribution < 1.29 is 9.53 Å². The molecule has 0 unspecified atom stereocenters. The molecule has 0 radical (unpaired) electrons. The molecular weight excluding hydrogens is 434 g/mol. The van der Waals surface area contributed by atoms with Crippen LogP contribution in [0.3, 0.4) is 0 Å². The van der Waals surface area contributed by atoms with E-state index in [-0.39, 0.29) is 17.3 Å². The van der Waals surface area contributed by atoms with Gasteiger partial charge in [0.2, 0.25) is 0 Å². The van der Waals surface area contributed by atoms with E-state index in [4.69, 9.17) is 9.72 Å². The molecule has 3 heterocycles. The van der Waals surface area contributed by atoms with Gasteiger partial charge in [0, 0.05) is 18.0 Å². The molecule has 6 nitrogen and oxygen atoms in total. The summed E-state index contributed by atoms with van der Waals surface area (Å²) in [5, 5.41) is 0.525. The number of nitrogens with one attached hydrogen (secondary N) is 1. The highest BCUT2D eigenvalue weighted by atomic mass is 32.1. The van der Waals surface area contributed by atoms with Crippen LogP contribution >= 0.6 is 11.3 Å². The molecule has 166 valence electrons. The van der Waals surface area contributed by atoms with E-state index >= 15 is 0 Å². The van der Waals surface area contributed by atoms with Gasteiger partial charge in [-0.15, -0.1) is 11.3 Å². The van der Waals surface area contributed by atoms with E-state index in [2.05, 4.69) is 4.98 Å². The largest absolute Gasteiger partial charge is 0.497 e. The lowest BCUT2D eigenvalue weighted by molar-refractivity contribution is -0.123. The maximum atomic E-state index is 13.4. The fraction of sp³-hybridized carbons (Fsp3) is 0.192. The maximum absolute atomic E-state index is 13.4. The first kappa shape index (κ1) is 21.2. The molecule has 4 aromatic rings. The van der Waals surface area contributed by atoms with Gasteiger partial charge in [0.25, 0.3) is 11.5 Å². The number of hydrogen-bond donors (Lipinski definition) is 1. The number of amides is 1. The minimum absolute atomic E-state index is 0.127. The van der Waals surface area contributed by atoms with Gasteiger partial charge < -0.3 is 14.6 Å². The smallest absolute Gasteiger partial charge is 0.259 e. The molecule has 1 amide bonds. The van der Waals surface area contributed by atoms with Crippen LogP contribution in [0, 0.1) is 0 Å². The number of thiophene rings is 1. The van der Waals surface area contributed by atoms with Gasteiger partial charge in [0.05, 0.1) is 18.1 Å². The second kappa shape index (κ2) is 9.03. The van der Waals surface area contributed by atoms with Crippen molar-refractivity contribution in [2.45, 2.75) is 12.8 Å². The second-order valence-corrected chi connectivity index (χ2v) is 8.97. The standard InChI is InChI=1S/C26H23N3O3S/c1-32-19-11-7-8-17(14-19)15-20(26(31)29-12-5-6-13-29)23-27-24(30)21-16-22(33-25(21)28-23)18-9-3-2-4-10-18/h2-4,7-11,14-16H,5-6,12-13H2,1H3,(H,27,28,30). The Hall–Kier alpha value is -3.71. The summed E-state index contributed by atoms with van der Waals surface area (Å²) in [6.45, 7) is 1.41.